The van der Waals surface area contributed by atoms with Crippen LogP contribution in [-0.2, 0) is 17.8 Å². The number of ether oxygens (including phenoxy) is 1. The number of rotatable bonds is 9. The van der Waals surface area contributed by atoms with Crippen LogP contribution in [0.15, 0.2) is 36.5 Å². The van der Waals surface area contributed by atoms with Gasteiger partial charge < -0.3 is 15.2 Å². The van der Waals surface area contributed by atoms with Gasteiger partial charge in [-0.05, 0) is 31.4 Å². The molecule has 174 valence electrons. The van der Waals surface area contributed by atoms with E-state index in [-0.39, 0.29) is 5.91 Å². The Morgan fingerprint density at radius 2 is 1.84 bits per heavy atom. The number of hydrogen-bond donors (Lipinski definition) is 2. The predicted octanol–water partition coefficient (Wildman–Crippen LogP) is 0.757. The number of morpholine rings is 1. The Hall–Kier alpha value is -2.33. The quantitative estimate of drug-likeness (QED) is 0.554. The number of carbonyl (C=O) groups is 1. The fraction of sp³-hybridized carbons (Fsp3) is 0.609. The molecule has 32 heavy (non-hydrogen) atoms. The molecule has 1 amide bonds. The molecule has 4 rings (SSSR count). The molecule has 0 saturated carbocycles. The third-order valence-electron chi connectivity index (χ3n) is 6.30. The number of aromatic nitrogens is 3. The lowest BCUT2D eigenvalue weighted by molar-refractivity contribution is -0.0383. The van der Waals surface area contributed by atoms with Gasteiger partial charge in [0.15, 0.2) is 5.69 Å². The molecule has 0 atom stereocenters. The zero-order valence-electron chi connectivity index (χ0n) is 18.7. The van der Waals surface area contributed by atoms with Crippen LogP contribution in [0, 0.1) is 0 Å². The van der Waals surface area contributed by atoms with Crippen molar-refractivity contribution in [2.24, 2.45) is 0 Å². The van der Waals surface area contributed by atoms with Gasteiger partial charge in [-0.2, -0.15) is 0 Å². The van der Waals surface area contributed by atoms with Crippen molar-refractivity contribution in [3.63, 3.8) is 0 Å². The zero-order valence-corrected chi connectivity index (χ0v) is 18.7. The number of carbonyl (C=O) groups excluding carboxylic acids is 1. The van der Waals surface area contributed by atoms with Crippen LogP contribution in [0.3, 0.4) is 0 Å². The van der Waals surface area contributed by atoms with Crippen LogP contribution in [-0.4, -0.2) is 93.9 Å². The summed E-state index contributed by atoms with van der Waals surface area (Å²) in [5, 5.41) is 22.0. The Balaban J connectivity index is 1.18. The minimum absolute atomic E-state index is 0.220. The van der Waals surface area contributed by atoms with Gasteiger partial charge in [0.2, 0.25) is 0 Å². The molecular formula is C23H34N6O3. The third-order valence-corrected chi connectivity index (χ3v) is 6.30. The highest BCUT2D eigenvalue weighted by Gasteiger charge is 2.33. The summed E-state index contributed by atoms with van der Waals surface area (Å²) in [5.41, 5.74) is 0.753. The summed E-state index contributed by atoms with van der Waals surface area (Å²) in [6.07, 6.45) is 3.86. The molecule has 9 heteroatoms. The summed E-state index contributed by atoms with van der Waals surface area (Å²) in [5.74, 6) is -0.220. The zero-order chi connectivity index (χ0) is 22.2. The molecule has 3 heterocycles. The molecule has 2 aromatic rings. The number of amides is 1. The molecule has 1 aromatic carbocycles. The maximum atomic E-state index is 12.4. The first kappa shape index (κ1) is 22.8. The van der Waals surface area contributed by atoms with E-state index in [0.29, 0.717) is 31.6 Å². The molecule has 2 aliphatic rings. The van der Waals surface area contributed by atoms with Crippen molar-refractivity contribution in [1.29, 1.82) is 0 Å². The maximum Gasteiger partial charge on any atom is 0.273 e. The summed E-state index contributed by atoms with van der Waals surface area (Å²) in [6.45, 7) is 7.94. The summed E-state index contributed by atoms with van der Waals surface area (Å²) in [4.78, 5) is 17.1. The Kier molecular flexibility index (Phi) is 7.85. The van der Waals surface area contributed by atoms with Gasteiger partial charge in [-0.15, -0.1) is 5.10 Å². The van der Waals surface area contributed by atoms with Gasteiger partial charge in [0, 0.05) is 39.3 Å². The number of hydrogen-bond acceptors (Lipinski definition) is 7. The van der Waals surface area contributed by atoms with Gasteiger partial charge in [0.05, 0.1) is 31.6 Å². The highest BCUT2D eigenvalue weighted by molar-refractivity contribution is 5.91. The Morgan fingerprint density at radius 1 is 1.09 bits per heavy atom. The fourth-order valence-electron chi connectivity index (χ4n) is 4.33. The SMILES string of the molecule is O=C(NCCCN1CCOCC1)c1cn(CC2(O)CCN(Cc3ccccc3)CC2)nn1. The smallest absolute Gasteiger partial charge is 0.273 e. The van der Waals surface area contributed by atoms with Crippen LogP contribution in [0.25, 0.3) is 0 Å². The fourth-order valence-corrected chi connectivity index (χ4v) is 4.33. The third kappa shape index (κ3) is 6.59. The van der Waals surface area contributed by atoms with Crippen molar-refractivity contribution in [2.45, 2.75) is 38.0 Å². The first-order valence-electron chi connectivity index (χ1n) is 11.6. The molecule has 2 N–H and O–H groups in total. The average Bonchev–Trinajstić information content (AvgIpc) is 3.28. The van der Waals surface area contributed by atoms with Gasteiger partial charge in [-0.3, -0.25) is 14.6 Å². The summed E-state index contributed by atoms with van der Waals surface area (Å²) >= 11 is 0. The van der Waals surface area contributed by atoms with E-state index in [1.54, 1.807) is 10.9 Å². The molecule has 2 aliphatic heterocycles. The van der Waals surface area contributed by atoms with Crippen molar-refractivity contribution in [1.82, 2.24) is 30.1 Å². The molecule has 0 radical (unpaired) electrons. The second kappa shape index (κ2) is 11.0. The lowest BCUT2D eigenvalue weighted by Crippen LogP contribution is -2.46. The summed E-state index contributed by atoms with van der Waals surface area (Å²) < 4.78 is 6.94. The average molecular weight is 443 g/mol. The van der Waals surface area contributed by atoms with E-state index in [4.69, 9.17) is 4.74 Å². The number of nitrogens with one attached hydrogen (secondary N) is 1. The molecule has 2 saturated heterocycles. The van der Waals surface area contributed by atoms with Crippen LogP contribution < -0.4 is 5.32 Å². The van der Waals surface area contributed by atoms with Crippen LogP contribution in [0.5, 0.6) is 0 Å². The van der Waals surface area contributed by atoms with Crippen LogP contribution in [0.4, 0.5) is 0 Å². The first-order chi connectivity index (χ1) is 15.6. The van der Waals surface area contributed by atoms with Crippen LogP contribution in [0.2, 0.25) is 0 Å². The van der Waals surface area contributed by atoms with Crippen LogP contribution >= 0.6 is 0 Å². The van der Waals surface area contributed by atoms with E-state index >= 15 is 0 Å². The largest absolute Gasteiger partial charge is 0.388 e. The van der Waals surface area contributed by atoms with E-state index in [1.807, 2.05) is 6.07 Å². The van der Waals surface area contributed by atoms with Crippen molar-refractivity contribution in [3.05, 3.63) is 47.8 Å². The summed E-state index contributed by atoms with van der Waals surface area (Å²) in [6, 6.07) is 10.4. The Bertz CT molecular complexity index is 844. The monoisotopic (exact) mass is 442 g/mol. The van der Waals surface area contributed by atoms with E-state index in [2.05, 4.69) is 49.7 Å². The standard InChI is InChI=1S/C23H34N6O3/c30-22(24-9-4-10-27-13-15-32-16-14-27)21-18-29(26-25-21)19-23(31)7-11-28(12-8-23)17-20-5-2-1-3-6-20/h1-3,5-6,18,31H,4,7-17,19H2,(H,24,30). The van der Waals surface area contributed by atoms with E-state index in [9.17, 15) is 9.90 Å². The number of aliphatic hydroxyl groups is 1. The number of piperidine rings is 1. The normalized spacial score (nSPS) is 19.7. The van der Waals surface area contributed by atoms with Gasteiger partial charge in [-0.25, -0.2) is 4.68 Å². The van der Waals surface area contributed by atoms with Crippen LogP contribution in [0.1, 0.15) is 35.3 Å². The summed E-state index contributed by atoms with van der Waals surface area (Å²) in [7, 11) is 0. The lowest BCUT2D eigenvalue weighted by Gasteiger charge is -2.38. The lowest BCUT2D eigenvalue weighted by atomic mass is 9.91. The van der Waals surface area contributed by atoms with Gasteiger partial charge in [0.1, 0.15) is 0 Å². The highest BCUT2D eigenvalue weighted by Crippen LogP contribution is 2.25. The molecule has 0 aliphatic carbocycles. The minimum atomic E-state index is -0.827. The minimum Gasteiger partial charge on any atom is -0.388 e. The molecule has 0 spiro atoms. The maximum absolute atomic E-state index is 12.4. The van der Waals surface area contributed by atoms with Crippen molar-refractivity contribution < 1.29 is 14.6 Å². The van der Waals surface area contributed by atoms with Gasteiger partial charge in [-0.1, -0.05) is 35.5 Å². The molecule has 9 nitrogen and oxygen atoms in total. The topological polar surface area (TPSA) is 95.8 Å². The number of likely N-dealkylation sites (tertiary alicyclic amines) is 1. The van der Waals surface area contributed by atoms with Gasteiger partial charge in [0.25, 0.3) is 5.91 Å². The van der Waals surface area contributed by atoms with Gasteiger partial charge >= 0.3 is 0 Å². The molecule has 0 unspecified atom stereocenters. The second-order valence-corrected chi connectivity index (χ2v) is 8.85. The first-order valence-corrected chi connectivity index (χ1v) is 11.6. The molecule has 0 bridgehead atoms. The van der Waals surface area contributed by atoms with Crippen molar-refractivity contribution in [3.8, 4) is 0 Å². The van der Waals surface area contributed by atoms with Crippen molar-refractivity contribution >= 4 is 5.91 Å². The highest BCUT2D eigenvalue weighted by atomic mass is 16.5. The predicted molar refractivity (Wildman–Crippen MR) is 120 cm³/mol. The Morgan fingerprint density at radius 3 is 2.59 bits per heavy atom. The second-order valence-electron chi connectivity index (χ2n) is 8.85. The van der Waals surface area contributed by atoms with E-state index in [1.165, 1.54) is 5.56 Å². The number of nitrogens with zero attached hydrogens (tertiary/aromatic N) is 5. The molecule has 1 aromatic heterocycles. The Labute approximate surface area is 189 Å². The molecule has 2 fully saturated rings. The number of benzene rings is 1. The van der Waals surface area contributed by atoms with E-state index in [0.717, 1.165) is 58.9 Å². The molecular weight excluding hydrogens is 408 g/mol. The van der Waals surface area contributed by atoms with Crippen molar-refractivity contribution in [2.75, 3.05) is 52.5 Å². The van der Waals surface area contributed by atoms with E-state index < -0.39 is 5.60 Å².